The van der Waals surface area contributed by atoms with Crippen LogP contribution in [-0.4, -0.2) is 25.7 Å². The van der Waals surface area contributed by atoms with Crippen LogP contribution in [0.15, 0.2) is 36.9 Å². The lowest BCUT2D eigenvalue weighted by atomic mass is 10.1. The molecule has 3 aromatic rings. The number of nitrogens with one attached hydrogen (secondary N) is 2. The van der Waals surface area contributed by atoms with Crippen LogP contribution in [0.4, 0.5) is 0 Å². The molecule has 1 aromatic carbocycles. The van der Waals surface area contributed by atoms with Gasteiger partial charge in [0.15, 0.2) is 3.95 Å². The summed E-state index contributed by atoms with van der Waals surface area (Å²) in [6, 6.07) is 7.79. The summed E-state index contributed by atoms with van der Waals surface area (Å²) in [5, 5.41) is 7.11. The highest BCUT2D eigenvalue weighted by atomic mass is 32.1. The minimum absolute atomic E-state index is 0.0174. The molecule has 124 valence electrons. The quantitative estimate of drug-likeness (QED) is 0.686. The van der Waals surface area contributed by atoms with Crippen molar-refractivity contribution in [3.8, 4) is 5.69 Å². The van der Waals surface area contributed by atoms with Gasteiger partial charge in [0.2, 0.25) is 5.91 Å². The lowest BCUT2D eigenvalue weighted by Crippen LogP contribution is -2.28. The Morgan fingerprint density at radius 3 is 2.75 bits per heavy atom. The molecule has 0 aliphatic rings. The Balaban J connectivity index is 1.64. The van der Waals surface area contributed by atoms with E-state index in [1.54, 1.807) is 11.0 Å². The van der Waals surface area contributed by atoms with E-state index in [0.29, 0.717) is 10.4 Å². The normalized spacial score (nSPS) is 12.1. The molecular formula is C16H17N5OS2. The van der Waals surface area contributed by atoms with Gasteiger partial charge in [0.05, 0.1) is 18.2 Å². The van der Waals surface area contributed by atoms with Gasteiger partial charge in [0.1, 0.15) is 12.7 Å². The summed E-state index contributed by atoms with van der Waals surface area (Å²) >= 11 is 6.55. The molecule has 3 rings (SSSR count). The second-order valence-corrected chi connectivity index (χ2v) is 7.23. The highest BCUT2D eigenvalue weighted by molar-refractivity contribution is 7.73. The van der Waals surface area contributed by atoms with Crippen molar-refractivity contribution in [3.05, 3.63) is 57.0 Å². The third-order valence-electron chi connectivity index (χ3n) is 3.70. The zero-order chi connectivity index (χ0) is 17.1. The predicted octanol–water partition coefficient (Wildman–Crippen LogP) is 3.11. The van der Waals surface area contributed by atoms with Crippen molar-refractivity contribution >= 4 is 29.5 Å². The van der Waals surface area contributed by atoms with Crippen LogP contribution in [0.1, 0.15) is 29.1 Å². The molecule has 8 heteroatoms. The predicted molar refractivity (Wildman–Crippen MR) is 95.9 cm³/mol. The van der Waals surface area contributed by atoms with Crippen LogP contribution in [0, 0.1) is 10.9 Å². The molecule has 0 unspecified atom stereocenters. The van der Waals surface area contributed by atoms with E-state index in [1.165, 1.54) is 17.7 Å². The Morgan fingerprint density at radius 1 is 1.42 bits per heavy atom. The van der Waals surface area contributed by atoms with Gasteiger partial charge in [-0.15, -0.1) is 11.3 Å². The Morgan fingerprint density at radius 2 is 2.17 bits per heavy atom. The molecule has 24 heavy (non-hydrogen) atoms. The van der Waals surface area contributed by atoms with Crippen LogP contribution >= 0.6 is 23.6 Å². The molecule has 0 aliphatic heterocycles. The molecule has 0 saturated heterocycles. The maximum Gasteiger partial charge on any atom is 0.225 e. The standard InChI is InChI=1S/C16H17N5OS2/c1-10(19-15(22)7-14-11(2)20-16(23)24-14)12-3-5-13(6-4-12)21-9-17-8-18-21/h3-6,8-10H,7H2,1-2H3,(H,19,22)(H,20,23)/t10-/m1/s1. The number of aryl methyl sites for hydroxylation is 1. The largest absolute Gasteiger partial charge is 0.349 e. The molecule has 2 aromatic heterocycles. The van der Waals surface area contributed by atoms with Crippen molar-refractivity contribution in [1.29, 1.82) is 0 Å². The van der Waals surface area contributed by atoms with Gasteiger partial charge < -0.3 is 10.3 Å². The van der Waals surface area contributed by atoms with Crippen molar-refractivity contribution in [2.75, 3.05) is 0 Å². The van der Waals surface area contributed by atoms with E-state index in [2.05, 4.69) is 20.4 Å². The molecule has 0 spiro atoms. The molecule has 1 amide bonds. The summed E-state index contributed by atoms with van der Waals surface area (Å²) < 4.78 is 2.39. The highest BCUT2D eigenvalue weighted by Gasteiger charge is 2.13. The molecule has 6 nitrogen and oxygen atoms in total. The van der Waals surface area contributed by atoms with Gasteiger partial charge in [0, 0.05) is 10.6 Å². The Labute approximate surface area is 148 Å². The average molecular weight is 359 g/mol. The minimum Gasteiger partial charge on any atom is -0.349 e. The van der Waals surface area contributed by atoms with E-state index >= 15 is 0 Å². The lowest BCUT2D eigenvalue weighted by Gasteiger charge is -2.14. The summed E-state index contributed by atoms with van der Waals surface area (Å²) in [6.07, 6.45) is 3.48. The highest BCUT2D eigenvalue weighted by Crippen LogP contribution is 2.18. The van der Waals surface area contributed by atoms with E-state index in [4.69, 9.17) is 12.2 Å². The van der Waals surface area contributed by atoms with E-state index < -0.39 is 0 Å². The molecule has 0 bridgehead atoms. The SMILES string of the molecule is Cc1[nH]c(=S)sc1CC(=O)N[C@H](C)c1ccc(-n2cncn2)cc1. The zero-order valence-corrected chi connectivity index (χ0v) is 14.9. The van der Waals surface area contributed by atoms with E-state index in [1.807, 2.05) is 38.1 Å². The number of aromatic nitrogens is 4. The van der Waals surface area contributed by atoms with Gasteiger partial charge in [-0.1, -0.05) is 12.1 Å². The second-order valence-electron chi connectivity index (χ2n) is 5.46. The van der Waals surface area contributed by atoms with Gasteiger partial charge in [-0.2, -0.15) is 5.10 Å². The van der Waals surface area contributed by atoms with E-state index in [-0.39, 0.29) is 11.9 Å². The fraction of sp³-hybridized carbons (Fsp3) is 0.250. The Hall–Kier alpha value is -2.32. The van der Waals surface area contributed by atoms with Crippen LogP contribution in [0.5, 0.6) is 0 Å². The van der Waals surface area contributed by atoms with Gasteiger partial charge >= 0.3 is 0 Å². The second kappa shape index (κ2) is 7.06. The van der Waals surface area contributed by atoms with Gasteiger partial charge in [0.25, 0.3) is 0 Å². The van der Waals surface area contributed by atoms with Crippen molar-refractivity contribution in [2.24, 2.45) is 0 Å². The third-order valence-corrected chi connectivity index (χ3v) is 5.04. The van der Waals surface area contributed by atoms with Gasteiger partial charge in [-0.25, -0.2) is 9.67 Å². The van der Waals surface area contributed by atoms with E-state index in [0.717, 1.165) is 21.8 Å². The van der Waals surface area contributed by atoms with Crippen molar-refractivity contribution in [2.45, 2.75) is 26.3 Å². The first-order valence-electron chi connectivity index (χ1n) is 7.46. The maximum atomic E-state index is 12.2. The molecule has 0 saturated carbocycles. The minimum atomic E-state index is -0.0745. The van der Waals surface area contributed by atoms with Gasteiger partial charge in [-0.3, -0.25) is 4.79 Å². The van der Waals surface area contributed by atoms with Crippen LogP contribution in [0.25, 0.3) is 5.69 Å². The number of hydrogen-bond acceptors (Lipinski definition) is 5. The molecule has 2 heterocycles. The summed E-state index contributed by atoms with van der Waals surface area (Å²) in [6.45, 7) is 3.90. The summed E-state index contributed by atoms with van der Waals surface area (Å²) in [7, 11) is 0. The van der Waals surface area contributed by atoms with Gasteiger partial charge in [-0.05, 0) is 43.8 Å². The van der Waals surface area contributed by atoms with Crippen LogP contribution in [0.2, 0.25) is 0 Å². The first-order chi connectivity index (χ1) is 11.5. The average Bonchev–Trinajstić information content (AvgIpc) is 3.18. The molecule has 0 radical (unpaired) electrons. The van der Waals surface area contributed by atoms with Crippen LogP contribution in [0.3, 0.4) is 0 Å². The smallest absolute Gasteiger partial charge is 0.225 e. The number of thiazole rings is 1. The first kappa shape index (κ1) is 16.5. The number of amides is 1. The van der Waals surface area contributed by atoms with Crippen molar-refractivity contribution in [3.63, 3.8) is 0 Å². The molecule has 1 atom stereocenters. The fourth-order valence-corrected chi connectivity index (χ4v) is 3.67. The van der Waals surface area contributed by atoms with Crippen LogP contribution in [-0.2, 0) is 11.2 Å². The monoisotopic (exact) mass is 359 g/mol. The van der Waals surface area contributed by atoms with Crippen LogP contribution < -0.4 is 5.32 Å². The lowest BCUT2D eigenvalue weighted by molar-refractivity contribution is -0.121. The van der Waals surface area contributed by atoms with Crippen molar-refractivity contribution in [1.82, 2.24) is 25.1 Å². The molecule has 0 aliphatic carbocycles. The number of H-pyrrole nitrogens is 1. The fourth-order valence-electron chi connectivity index (χ4n) is 2.38. The number of carbonyl (C=O) groups excluding carboxylic acids is 1. The number of nitrogens with zero attached hydrogens (tertiary/aromatic N) is 3. The molecule has 0 fully saturated rings. The number of carbonyl (C=O) groups is 1. The number of benzene rings is 1. The zero-order valence-electron chi connectivity index (χ0n) is 13.3. The molecule has 2 N–H and O–H groups in total. The topological polar surface area (TPSA) is 75.6 Å². The maximum absolute atomic E-state index is 12.2. The summed E-state index contributed by atoms with van der Waals surface area (Å²) in [5.74, 6) is -0.0174. The van der Waals surface area contributed by atoms with Crippen molar-refractivity contribution < 1.29 is 4.79 Å². The first-order valence-corrected chi connectivity index (χ1v) is 8.68. The Kier molecular flexibility index (Phi) is 4.86. The number of rotatable bonds is 5. The number of hydrogen-bond donors (Lipinski definition) is 2. The summed E-state index contributed by atoms with van der Waals surface area (Å²) in [5.41, 5.74) is 2.92. The van der Waals surface area contributed by atoms with E-state index in [9.17, 15) is 4.79 Å². The summed E-state index contributed by atoms with van der Waals surface area (Å²) in [4.78, 5) is 20.2. The Bertz CT molecular complexity index is 880. The molecular weight excluding hydrogens is 342 g/mol. The third kappa shape index (κ3) is 3.77. The number of aromatic amines is 1.